The maximum Gasteiger partial charge on any atom is 0.169 e. The molecule has 0 bridgehead atoms. The molecule has 0 unspecified atom stereocenters. The minimum atomic E-state index is 0.574. The molecule has 0 atom stereocenters. The van der Waals surface area contributed by atoms with Crippen molar-refractivity contribution in [3.63, 3.8) is 0 Å². The van der Waals surface area contributed by atoms with E-state index in [1.54, 1.807) is 0 Å². The van der Waals surface area contributed by atoms with Crippen molar-refractivity contribution in [2.24, 2.45) is 11.8 Å². The number of hydrogen-bond acceptors (Lipinski definition) is 1. The first-order valence-electron chi connectivity index (χ1n) is 6.96. The van der Waals surface area contributed by atoms with Gasteiger partial charge in [-0.1, -0.05) is 41.5 Å². The number of thiocarbonyl (C=S) groups is 1. The Kier molecular flexibility index (Phi) is 8.57. The van der Waals surface area contributed by atoms with Crippen LogP contribution in [0.5, 0.6) is 0 Å². The van der Waals surface area contributed by atoms with Crippen LogP contribution >= 0.6 is 12.2 Å². The standard InChI is InChI=1S/C14H30N2S/c1-7-13(8-2)16(10-12(5)6)14(17)15-9-11(3)4/h11-13H,7-10H2,1-6H3,(H,15,17). The van der Waals surface area contributed by atoms with Crippen molar-refractivity contribution in [1.29, 1.82) is 0 Å². The van der Waals surface area contributed by atoms with Crippen LogP contribution in [0.3, 0.4) is 0 Å². The van der Waals surface area contributed by atoms with Crippen molar-refractivity contribution >= 4 is 17.3 Å². The average molecular weight is 258 g/mol. The van der Waals surface area contributed by atoms with Gasteiger partial charge in [-0.05, 0) is 36.9 Å². The van der Waals surface area contributed by atoms with Gasteiger partial charge in [0.05, 0.1) is 0 Å². The Balaban J connectivity index is 4.49. The van der Waals surface area contributed by atoms with Crippen molar-refractivity contribution in [2.45, 2.75) is 60.4 Å². The molecule has 0 radical (unpaired) electrons. The molecule has 102 valence electrons. The highest BCUT2D eigenvalue weighted by Crippen LogP contribution is 2.12. The van der Waals surface area contributed by atoms with Crippen molar-refractivity contribution < 1.29 is 0 Å². The van der Waals surface area contributed by atoms with Crippen LogP contribution in [-0.4, -0.2) is 29.1 Å². The molecule has 0 amide bonds. The molecule has 0 aliphatic rings. The molecule has 0 fully saturated rings. The highest BCUT2D eigenvalue weighted by atomic mass is 32.1. The quantitative estimate of drug-likeness (QED) is 0.702. The van der Waals surface area contributed by atoms with Gasteiger partial charge < -0.3 is 10.2 Å². The van der Waals surface area contributed by atoms with Gasteiger partial charge in [0.1, 0.15) is 0 Å². The Morgan fingerprint density at radius 2 is 1.59 bits per heavy atom. The minimum absolute atomic E-state index is 0.574. The first-order chi connectivity index (χ1) is 7.92. The van der Waals surface area contributed by atoms with E-state index in [1.807, 2.05) is 0 Å². The van der Waals surface area contributed by atoms with E-state index >= 15 is 0 Å². The Morgan fingerprint density at radius 1 is 1.06 bits per heavy atom. The monoisotopic (exact) mass is 258 g/mol. The van der Waals surface area contributed by atoms with Gasteiger partial charge >= 0.3 is 0 Å². The van der Waals surface area contributed by atoms with Crippen molar-refractivity contribution in [2.75, 3.05) is 13.1 Å². The number of hydrogen-bond donors (Lipinski definition) is 1. The summed E-state index contributed by atoms with van der Waals surface area (Å²) < 4.78 is 0. The lowest BCUT2D eigenvalue weighted by Crippen LogP contribution is -2.48. The van der Waals surface area contributed by atoms with Crippen LogP contribution in [0.25, 0.3) is 0 Å². The smallest absolute Gasteiger partial charge is 0.169 e. The number of nitrogens with zero attached hydrogens (tertiary/aromatic N) is 1. The molecule has 0 aromatic carbocycles. The van der Waals surface area contributed by atoms with E-state index in [-0.39, 0.29) is 0 Å². The summed E-state index contributed by atoms with van der Waals surface area (Å²) in [4.78, 5) is 2.38. The molecule has 17 heavy (non-hydrogen) atoms. The molecule has 0 aliphatic heterocycles. The predicted octanol–water partition coefficient (Wildman–Crippen LogP) is 3.66. The molecule has 0 aromatic rings. The SMILES string of the molecule is CCC(CC)N(CC(C)C)C(=S)NCC(C)C. The predicted molar refractivity (Wildman–Crippen MR) is 81.4 cm³/mol. The summed E-state index contributed by atoms with van der Waals surface area (Å²) >= 11 is 5.54. The van der Waals surface area contributed by atoms with E-state index in [9.17, 15) is 0 Å². The van der Waals surface area contributed by atoms with E-state index in [0.29, 0.717) is 17.9 Å². The maximum atomic E-state index is 5.54. The second-order valence-electron chi connectivity index (χ2n) is 5.60. The van der Waals surface area contributed by atoms with E-state index in [1.165, 1.54) is 0 Å². The van der Waals surface area contributed by atoms with Crippen LogP contribution in [0.1, 0.15) is 54.4 Å². The summed E-state index contributed by atoms with van der Waals surface area (Å²) in [6.07, 6.45) is 2.32. The zero-order valence-corrected chi connectivity index (χ0v) is 13.2. The molecule has 0 saturated carbocycles. The fraction of sp³-hybridized carbons (Fsp3) is 0.929. The first kappa shape index (κ1) is 16.7. The second-order valence-corrected chi connectivity index (χ2v) is 5.98. The normalized spacial score (nSPS) is 11.4. The molecular weight excluding hydrogens is 228 g/mol. The van der Waals surface area contributed by atoms with Crippen molar-refractivity contribution in [3.8, 4) is 0 Å². The van der Waals surface area contributed by atoms with Gasteiger partial charge in [0.25, 0.3) is 0 Å². The Hall–Kier alpha value is -0.310. The summed E-state index contributed by atoms with van der Waals surface area (Å²) in [6, 6.07) is 0.574. The van der Waals surface area contributed by atoms with Crippen LogP contribution < -0.4 is 5.32 Å². The van der Waals surface area contributed by atoms with Gasteiger partial charge in [-0.15, -0.1) is 0 Å². The second kappa shape index (κ2) is 8.73. The summed E-state index contributed by atoms with van der Waals surface area (Å²) in [5.41, 5.74) is 0. The Morgan fingerprint density at radius 3 is 1.94 bits per heavy atom. The summed E-state index contributed by atoms with van der Waals surface area (Å²) in [6.45, 7) is 15.4. The molecule has 0 aromatic heterocycles. The van der Waals surface area contributed by atoms with E-state index < -0.39 is 0 Å². The third-order valence-corrected chi connectivity index (χ3v) is 3.25. The third-order valence-electron chi connectivity index (χ3n) is 2.87. The molecule has 0 heterocycles. The van der Waals surface area contributed by atoms with E-state index in [0.717, 1.165) is 31.0 Å². The van der Waals surface area contributed by atoms with Gasteiger partial charge in [-0.25, -0.2) is 0 Å². The molecule has 0 saturated heterocycles. The maximum absolute atomic E-state index is 5.54. The molecular formula is C14H30N2S. The van der Waals surface area contributed by atoms with Gasteiger partial charge in [0, 0.05) is 19.1 Å². The molecule has 0 rings (SSSR count). The minimum Gasteiger partial charge on any atom is -0.362 e. The summed E-state index contributed by atoms with van der Waals surface area (Å²) in [7, 11) is 0. The fourth-order valence-corrected chi connectivity index (χ4v) is 2.22. The topological polar surface area (TPSA) is 15.3 Å². The van der Waals surface area contributed by atoms with Gasteiger partial charge in [-0.3, -0.25) is 0 Å². The molecule has 3 heteroatoms. The highest BCUT2D eigenvalue weighted by Gasteiger charge is 2.18. The average Bonchev–Trinajstić information content (AvgIpc) is 2.25. The lowest BCUT2D eigenvalue weighted by atomic mass is 10.1. The van der Waals surface area contributed by atoms with Crippen LogP contribution in [0, 0.1) is 11.8 Å². The van der Waals surface area contributed by atoms with E-state index in [4.69, 9.17) is 12.2 Å². The lowest BCUT2D eigenvalue weighted by molar-refractivity contribution is 0.263. The van der Waals surface area contributed by atoms with Crippen LogP contribution in [0.15, 0.2) is 0 Å². The molecule has 0 aliphatic carbocycles. The van der Waals surface area contributed by atoms with Gasteiger partial charge in [0.2, 0.25) is 0 Å². The van der Waals surface area contributed by atoms with Crippen LogP contribution in [-0.2, 0) is 0 Å². The Labute approximate surface area is 113 Å². The number of nitrogens with one attached hydrogen (secondary N) is 1. The van der Waals surface area contributed by atoms with Gasteiger partial charge in [-0.2, -0.15) is 0 Å². The number of rotatable bonds is 7. The summed E-state index contributed by atoms with van der Waals surface area (Å²) in [5.74, 6) is 1.28. The van der Waals surface area contributed by atoms with Gasteiger partial charge in [0.15, 0.2) is 5.11 Å². The fourth-order valence-electron chi connectivity index (χ4n) is 1.91. The molecule has 2 nitrogen and oxygen atoms in total. The van der Waals surface area contributed by atoms with Crippen LogP contribution in [0.2, 0.25) is 0 Å². The zero-order chi connectivity index (χ0) is 13.4. The van der Waals surface area contributed by atoms with Crippen LogP contribution in [0.4, 0.5) is 0 Å². The largest absolute Gasteiger partial charge is 0.362 e. The van der Waals surface area contributed by atoms with Crippen molar-refractivity contribution in [1.82, 2.24) is 10.2 Å². The highest BCUT2D eigenvalue weighted by molar-refractivity contribution is 7.80. The lowest BCUT2D eigenvalue weighted by Gasteiger charge is -2.34. The first-order valence-corrected chi connectivity index (χ1v) is 7.37. The van der Waals surface area contributed by atoms with Crippen molar-refractivity contribution in [3.05, 3.63) is 0 Å². The molecule has 1 N–H and O–H groups in total. The Bertz CT molecular complexity index is 210. The zero-order valence-electron chi connectivity index (χ0n) is 12.4. The van der Waals surface area contributed by atoms with E-state index in [2.05, 4.69) is 51.8 Å². The molecule has 0 spiro atoms. The summed E-state index contributed by atoms with van der Waals surface area (Å²) in [5, 5.41) is 4.33. The third kappa shape index (κ3) is 6.87.